The fraction of sp³-hybridized carbons (Fsp3) is 0.730. The molecule has 0 bridgehead atoms. The number of halogens is 1. The standard InChI is InChI=1S/C37H64N3O4.ClH/c1-6-7-8-9-10-11-12-13-14-15-16-17-21-25-35(33(2)44-32-34-23-19-18-20-24-34)43-31-22-27-38-28-26-36(41)39(37(38)42)29-30-40(3,4)5;/h18-20,23-24,26,28,33,35H,6-17,21-22,25,27,29-32H2,1-5H3;1H/q+1;/p-1. The van der Waals surface area contributed by atoms with E-state index in [2.05, 4.69) is 47.1 Å². The van der Waals surface area contributed by atoms with Crippen molar-refractivity contribution in [2.24, 2.45) is 0 Å². The van der Waals surface area contributed by atoms with Gasteiger partial charge in [-0.05, 0) is 25.3 Å². The highest BCUT2D eigenvalue weighted by Crippen LogP contribution is 2.18. The monoisotopic (exact) mass is 649 g/mol. The van der Waals surface area contributed by atoms with Gasteiger partial charge in [0.05, 0.1) is 53.0 Å². The van der Waals surface area contributed by atoms with Crippen LogP contribution >= 0.6 is 0 Å². The molecule has 2 unspecified atom stereocenters. The van der Waals surface area contributed by atoms with Crippen molar-refractivity contribution in [1.29, 1.82) is 0 Å². The molecule has 0 spiro atoms. The number of rotatable bonds is 26. The Hall–Kier alpha value is -1.93. The molecule has 2 aromatic rings. The van der Waals surface area contributed by atoms with Crippen LogP contribution in [0.25, 0.3) is 0 Å². The zero-order valence-electron chi connectivity index (χ0n) is 29.2. The molecule has 2 rings (SSSR count). The van der Waals surface area contributed by atoms with Gasteiger partial charge >= 0.3 is 5.69 Å². The van der Waals surface area contributed by atoms with Crippen molar-refractivity contribution in [1.82, 2.24) is 9.13 Å². The van der Waals surface area contributed by atoms with Gasteiger partial charge in [-0.3, -0.25) is 9.36 Å². The zero-order chi connectivity index (χ0) is 32.0. The predicted octanol–water partition coefficient (Wildman–Crippen LogP) is 4.58. The maximum Gasteiger partial charge on any atom is 0.331 e. The van der Waals surface area contributed by atoms with Crippen molar-refractivity contribution in [2.45, 2.75) is 142 Å². The molecule has 258 valence electrons. The van der Waals surface area contributed by atoms with Gasteiger partial charge < -0.3 is 30.9 Å². The van der Waals surface area contributed by atoms with E-state index in [9.17, 15) is 9.59 Å². The molecule has 1 aromatic heterocycles. The number of nitrogens with zero attached hydrogens (tertiary/aromatic N) is 3. The average molecular weight is 650 g/mol. The fourth-order valence-corrected chi connectivity index (χ4v) is 5.53. The summed E-state index contributed by atoms with van der Waals surface area (Å²) in [7, 11) is 6.18. The molecule has 0 fully saturated rings. The second kappa shape index (κ2) is 24.3. The lowest BCUT2D eigenvalue weighted by atomic mass is 10.0. The number of hydrogen-bond acceptors (Lipinski definition) is 4. The van der Waals surface area contributed by atoms with Crippen molar-refractivity contribution in [3.63, 3.8) is 0 Å². The van der Waals surface area contributed by atoms with Crippen molar-refractivity contribution in [3.05, 3.63) is 69.0 Å². The summed E-state index contributed by atoms with van der Waals surface area (Å²) < 4.78 is 16.3. The van der Waals surface area contributed by atoms with Crippen molar-refractivity contribution in [3.8, 4) is 0 Å². The van der Waals surface area contributed by atoms with Crippen LogP contribution in [-0.4, -0.2) is 60.1 Å². The minimum absolute atomic E-state index is 0. The van der Waals surface area contributed by atoms with Crippen molar-refractivity contribution in [2.75, 3.05) is 34.3 Å². The molecule has 1 aromatic carbocycles. The number of benzene rings is 1. The SMILES string of the molecule is CCCCCCCCCCCCCCCC(OCCCn1ccc(=O)n(CC[N+](C)(C)C)c1=O)C(C)OCc1ccccc1.[Cl-]. The second-order valence-electron chi connectivity index (χ2n) is 13.6. The van der Waals surface area contributed by atoms with Crippen LogP contribution in [0.15, 0.2) is 52.2 Å². The smallest absolute Gasteiger partial charge is 0.331 e. The third kappa shape index (κ3) is 18.7. The van der Waals surface area contributed by atoms with Crippen LogP contribution < -0.4 is 23.7 Å². The summed E-state index contributed by atoms with van der Waals surface area (Å²) in [5.74, 6) is 0. The summed E-state index contributed by atoms with van der Waals surface area (Å²) in [6, 6.07) is 11.8. The number of ether oxygens (including phenoxy) is 2. The molecule has 2 atom stereocenters. The molecule has 0 aliphatic carbocycles. The van der Waals surface area contributed by atoms with Crippen LogP contribution in [0.4, 0.5) is 0 Å². The van der Waals surface area contributed by atoms with E-state index < -0.39 is 0 Å². The Morgan fingerprint density at radius 3 is 1.89 bits per heavy atom. The first-order chi connectivity index (χ1) is 21.2. The van der Waals surface area contributed by atoms with Gasteiger partial charge in [0.1, 0.15) is 0 Å². The van der Waals surface area contributed by atoms with Gasteiger partial charge in [-0.25, -0.2) is 4.79 Å². The first-order valence-electron chi connectivity index (χ1n) is 17.6. The van der Waals surface area contributed by atoms with Crippen LogP contribution in [0, 0.1) is 0 Å². The Morgan fingerprint density at radius 2 is 1.31 bits per heavy atom. The number of likely N-dealkylation sites (N-methyl/N-ethyl adjacent to an activating group) is 1. The Bertz CT molecular complexity index is 1110. The summed E-state index contributed by atoms with van der Waals surface area (Å²) >= 11 is 0. The summed E-state index contributed by atoms with van der Waals surface area (Å²) in [4.78, 5) is 25.3. The molecule has 1 heterocycles. The predicted molar refractivity (Wildman–Crippen MR) is 183 cm³/mol. The number of quaternary nitrogens is 1. The second-order valence-corrected chi connectivity index (χ2v) is 13.6. The van der Waals surface area contributed by atoms with E-state index in [0.717, 1.165) is 12.8 Å². The molecule has 0 N–H and O–H groups in total. The van der Waals surface area contributed by atoms with Crippen LogP contribution in [0.1, 0.15) is 116 Å². The summed E-state index contributed by atoms with van der Waals surface area (Å²) in [6.45, 7) is 7.16. The lowest BCUT2D eigenvalue weighted by Gasteiger charge is -2.25. The molecule has 0 aliphatic rings. The highest BCUT2D eigenvalue weighted by molar-refractivity contribution is 5.13. The van der Waals surface area contributed by atoms with E-state index in [-0.39, 0.29) is 35.9 Å². The van der Waals surface area contributed by atoms with Crippen LogP contribution in [0.2, 0.25) is 0 Å². The maximum absolute atomic E-state index is 13.0. The van der Waals surface area contributed by atoms with E-state index in [1.54, 1.807) is 10.8 Å². The Labute approximate surface area is 280 Å². The highest BCUT2D eigenvalue weighted by Gasteiger charge is 2.19. The third-order valence-corrected chi connectivity index (χ3v) is 8.48. The summed E-state index contributed by atoms with van der Waals surface area (Å²) in [5.41, 5.74) is 0.686. The zero-order valence-corrected chi connectivity index (χ0v) is 29.9. The topological polar surface area (TPSA) is 62.5 Å². The molecule has 45 heavy (non-hydrogen) atoms. The first-order valence-corrected chi connectivity index (χ1v) is 17.6. The largest absolute Gasteiger partial charge is 1.00 e. The van der Waals surface area contributed by atoms with Gasteiger partial charge in [-0.2, -0.15) is 0 Å². The van der Waals surface area contributed by atoms with Crippen LogP contribution in [-0.2, 0) is 29.2 Å². The lowest BCUT2D eigenvalue weighted by molar-refractivity contribution is -0.871. The normalized spacial score (nSPS) is 13.0. The Morgan fingerprint density at radius 1 is 0.733 bits per heavy atom. The van der Waals surface area contributed by atoms with Crippen molar-refractivity contribution < 1.29 is 26.4 Å². The van der Waals surface area contributed by atoms with E-state index >= 15 is 0 Å². The molecular weight excluding hydrogens is 586 g/mol. The summed E-state index contributed by atoms with van der Waals surface area (Å²) in [6.07, 6.45) is 20.7. The van der Waals surface area contributed by atoms with Gasteiger partial charge in [0, 0.05) is 25.4 Å². The van der Waals surface area contributed by atoms with Crippen molar-refractivity contribution >= 4 is 0 Å². The number of unbranched alkanes of at least 4 members (excludes halogenated alkanes) is 12. The van der Waals surface area contributed by atoms with Crippen LogP contribution in [0.5, 0.6) is 0 Å². The Kier molecular flexibility index (Phi) is 22.2. The van der Waals surface area contributed by atoms with E-state index in [4.69, 9.17) is 9.47 Å². The molecule has 0 amide bonds. The highest BCUT2D eigenvalue weighted by atomic mass is 35.5. The Balaban J connectivity index is 0.0000101. The van der Waals surface area contributed by atoms with E-state index in [1.807, 2.05) is 18.2 Å². The van der Waals surface area contributed by atoms with E-state index in [1.165, 1.54) is 93.2 Å². The molecular formula is C37H64ClN3O4. The molecule has 0 aliphatic heterocycles. The molecule has 8 heteroatoms. The minimum Gasteiger partial charge on any atom is -1.00 e. The lowest BCUT2D eigenvalue weighted by Crippen LogP contribution is -3.00. The van der Waals surface area contributed by atoms with Gasteiger partial charge in [-0.1, -0.05) is 121 Å². The van der Waals surface area contributed by atoms with Gasteiger partial charge in [0.2, 0.25) is 0 Å². The number of aryl methyl sites for hydroxylation is 1. The number of aromatic nitrogens is 2. The van der Waals surface area contributed by atoms with Crippen LogP contribution in [0.3, 0.4) is 0 Å². The fourth-order valence-electron chi connectivity index (χ4n) is 5.53. The summed E-state index contributed by atoms with van der Waals surface area (Å²) in [5, 5.41) is 0. The quantitative estimate of drug-likeness (QED) is 0.111. The van der Waals surface area contributed by atoms with E-state index in [0.29, 0.717) is 43.8 Å². The molecule has 0 saturated carbocycles. The molecule has 0 radical (unpaired) electrons. The average Bonchev–Trinajstić information content (AvgIpc) is 3.00. The minimum atomic E-state index is -0.242. The maximum atomic E-state index is 13.0. The first kappa shape index (κ1) is 41.1. The van der Waals surface area contributed by atoms with Gasteiger partial charge in [-0.15, -0.1) is 0 Å². The van der Waals surface area contributed by atoms with Gasteiger partial charge in [0.15, 0.2) is 0 Å². The van der Waals surface area contributed by atoms with Gasteiger partial charge in [0.25, 0.3) is 5.56 Å². The number of hydrogen-bond donors (Lipinski definition) is 0. The molecule has 7 nitrogen and oxygen atoms in total. The third-order valence-electron chi connectivity index (χ3n) is 8.48. The molecule has 0 saturated heterocycles.